The zero-order valence-corrected chi connectivity index (χ0v) is 14.2. The number of aryl methyl sites for hydroxylation is 2. The highest BCUT2D eigenvalue weighted by Crippen LogP contribution is 2.23. The Balaban J connectivity index is 2.18. The Hall–Kier alpha value is -2.55. The molecule has 0 aliphatic carbocycles. The Kier molecular flexibility index (Phi) is 4.19. The first-order valence-corrected chi connectivity index (χ1v) is 7.89. The lowest BCUT2D eigenvalue weighted by atomic mass is 10.1. The zero-order chi connectivity index (χ0) is 18.5. The third-order valence-electron chi connectivity index (χ3n) is 4.66. The molecule has 1 N–H and O–H groups in total. The first-order chi connectivity index (χ1) is 11.8. The second kappa shape index (κ2) is 6.07. The van der Waals surface area contributed by atoms with E-state index < -0.39 is 29.4 Å². The van der Waals surface area contributed by atoms with Gasteiger partial charge in [-0.15, -0.1) is 0 Å². The van der Waals surface area contributed by atoms with Crippen LogP contribution in [0.15, 0.2) is 15.7 Å². The molecule has 0 bridgehead atoms. The molecule has 2 unspecified atom stereocenters. The number of aliphatic hydroxyl groups is 1. The van der Waals surface area contributed by atoms with E-state index in [4.69, 9.17) is 0 Å². The summed E-state index contributed by atoms with van der Waals surface area (Å²) in [6.07, 6.45) is -1.12. The summed E-state index contributed by atoms with van der Waals surface area (Å²) < 4.78 is 15.8. The van der Waals surface area contributed by atoms with Crippen LogP contribution in [0.2, 0.25) is 0 Å². The molecule has 2 aromatic heterocycles. The summed E-state index contributed by atoms with van der Waals surface area (Å²) in [5.41, 5.74) is -0.414. The number of carbonyl (C=O) groups excluding carboxylic acids is 1. The second-order valence-electron chi connectivity index (χ2n) is 6.36. The van der Waals surface area contributed by atoms with E-state index in [1.54, 1.807) is 6.92 Å². The topological polar surface area (TPSA) is 97.4 Å². The van der Waals surface area contributed by atoms with Crippen molar-refractivity contribution in [1.29, 1.82) is 0 Å². The van der Waals surface area contributed by atoms with Gasteiger partial charge in [0.2, 0.25) is 0 Å². The summed E-state index contributed by atoms with van der Waals surface area (Å²) in [5, 5.41) is 9.61. The standard InChI is InChI=1S/C16H19FN4O4/c1-8-4-11(14(23)21-6-9(17)5-10(21)7-22)18-13-12(8)15(24)20(3)16(25)19(13)2/h4,9-10,22H,5-7H2,1-3H3. The van der Waals surface area contributed by atoms with Gasteiger partial charge in [-0.05, 0) is 18.6 Å². The van der Waals surface area contributed by atoms with Gasteiger partial charge in [0.1, 0.15) is 17.5 Å². The van der Waals surface area contributed by atoms with E-state index in [1.807, 2.05) is 0 Å². The summed E-state index contributed by atoms with van der Waals surface area (Å²) in [6, 6.07) is 0.851. The van der Waals surface area contributed by atoms with E-state index in [1.165, 1.54) is 29.6 Å². The number of fused-ring (bicyclic) bond motifs is 1. The van der Waals surface area contributed by atoms with Gasteiger partial charge in [-0.1, -0.05) is 0 Å². The van der Waals surface area contributed by atoms with Crippen LogP contribution in [-0.2, 0) is 14.1 Å². The number of alkyl halides is 1. The van der Waals surface area contributed by atoms with Crippen molar-refractivity contribution in [3.8, 4) is 0 Å². The molecular weight excluding hydrogens is 331 g/mol. The number of nitrogens with zero attached hydrogens (tertiary/aromatic N) is 4. The lowest BCUT2D eigenvalue weighted by Crippen LogP contribution is -2.40. The maximum atomic E-state index is 13.6. The predicted molar refractivity (Wildman–Crippen MR) is 88.4 cm³/mol. The third-order valence-corrected chi connectivity index (χ3v) is 4.66. The highest BCUT2D eigenvalue weighted by atomic mass is 19.1. The SMILES string of the molecule is Cc1cc(C(=O)N2CC(F)CC2CO)nc2c1c(=O)n(C)c(=O)n2C. The van der Waals surface area contributed by atoms with Crippen LogP contribution in [-0.4, -0.2) is 55.4 Å². The minimum absolute atomic E-state index is 0.0146. The number of carbonyl (C=O) groups is 1. The van der Waals surface area contributed by atoms with Crippen LogP contribution in [0.3, 0.4) is 0 Å². The maximum Gasteiger partial charge on any atom is 0.332 e. The fourth-order valence-electron chi connectivity index (χ4n) is 3.27. The number of hydrogen-bond acceptors (Lipinski definition) is 5. The van der Waals surface area contributed by atoms with Crippen molar-refractivity contribution >= 4 is 16.9 Å². The van der Waals surface area contributed by atoms with E-state index in [2.05, 4.69) is 4.98 Å². The Morgan fingerprint density at radius 2 is 2.04 bits per heavy atom. The quantitative estimate of drug-likeness (QED) is 0.786. The van der Waals surface area contributed by atoms with Crippen molar-refractivity contribution in [3.63, 3.8) is 0 Å². The first kappa shape index (κ1) is 17.3. The Labute approximate surface area is 142 Å². The van der Waals surface area contributed by atoms with Crippen LogP contribution in [0.4, 0.5) is 4.39 Å². The van der Waals surface area contributed by atoms with Crippen LogP contribution in [0.5, 0.6) is 0 Å². The van der Waals surface area contributed by atoms with E-state index in [9.17, 15) is 23.9 Å². The number of amides is 1. The molecule has 1 amide bonds. The molecule has 0 saturated carbocycles. The largest absolute Gasteiger partial charge is 0.394 e. The number of rotatable bonds is 2. The Bertz CT molecular complexity index is 981. The number of pyridine rings is 1. The van der Waals surface area contributed by atoms with Gasteiger partial charge in [-0.25, -0.2) is 14.2 Å². The van der Waals surface area contributed by atoms with Crippen LogP contribution < -0.4 is 11.2 Å². The fraction of sp³-hybridized carbons (Fsp3) is 0.500. The molecule has 0 spiro atoms. The van der Waals surface area contributed by atoms with Crippen molar-refractivity contribution in [3.05, 3.63) is 38.2 Å². The van der Waals surface area contributed by atoms with E-state index in [0.717, 1.165) is 4.57 Å². The Morgan fingerprint density at radius 1 is 1.36 bits per heavy atom. The van der Waals surface area contributed by atoms with Gasteiger partial charge in [0.25, 0.3) is 11.5 Å². The minimum Gasteiger partial charge on any atom is -0.394 e. The van der Waals surface area contributed by atoms with Crippen LogP contribution >= 0.6 is 0 Å². The molecule has 0 radical (unpaired) electrons. The van der Waals surface area contributed by atoms with Gasteiger partial charge in [0.15, 0.2) is 0 Å². The maximum absolute atomic E-state index is 13.6. The van der Waals surface area contributed by atoms with Crippen molar-refractivity contribution in [2.75, 3.05) is 13.2 Å². The molecule has 1 aliphatic rings. The summed E-state index contributed by atoms with van der Waals surface area (Å²) in [4.78, 5) is 42.6. The average molecular weight is 350 g/mol. The van der Waals surface area contributed by atoms with Crippen LogP contribution in [0.1, 0.15) is 22.5 Å². The zero-order valence-electron chi connectivity index (χ0n) is 14.2. The first-order valence-electron chi connectivity index (χ1n) is 7.89. The highest BCUT2D eigenvalue weighted by Gasteiger charge is 2.36. The van der Waals surface area contributed by atoms with E-state index in [-0.39, 0.29) is 36.3 Å². The average Bonchev–Trinajstić information content (AvgIpc) is 2.97. The normalized spacial score (nSPS) is 20.4. The van der Waals surface area contributed by atoms with Gasteiger partial charge in [-0.3, -0.25) is 18.7 Å². The van der Waals surface area contributed by atoms with Crippen LogP contribution in [0, 0.1) is 6.92 Å². The number of aliphatic hydroxyl groups excluding tert-OH is 1. The molecule has 2 atom stereocenters. The van der Waals surface area contributed by atoms with Crippen molar-refractivity contribution in [2.24, 2.45) is 14.1 Å². The summed E-state index contributed by atoms with van der Waals surface area (Å²) >= 11 is 0. The molecular formula is C16H19FN4O4. The van der Waals surface area contributed by atoms with Crippen molar-refractivity contribution < 1.29 is 14.3 Å². The molecule has 25 heavy (non-hydrogen) atoms. The van der Waals surface area contributed by atoms with Gasteiger partial charge in [0, 0.05) is 20.5 Å². The fourth-order valence-corrected chi connectivity index (χ4v) is 3.27. The second-order valence-corrected chi connectivity index (χ2v) is 6.36. The van der Waals surface area contributed by atoms with E-state index in [0.29, 0.717) is 5.56 Å². The predicted octanol–water partition coefficient (Wildman–Crippen LogP) is -0.514. The van der Waals surface area contributed by atoms with E-state index >= 15 is 0 Å². The number of aromatic nitrogens is 3. The molecule has 0 aromatic carbocycles. The van der Waals surface area contributed by atoms with Gasteiger partial charge in [-0.2, -0.15) is 0 Å². The number of hydrogen-bond donors (Lipinski definition) is 1. The molecule has 134 valence electrons. The van der Waals surface area contributed by atoms with Gasteiger partial charge in [0.05, 0.1) is 24.6 Å². The summed E-state index contributed by atoms with van der Waals surface area (Å²) in [6.45, 7) is 1.20. The molecule has 3 heterocycles. The lowest BCUT2D eigenvalue weighted by Gasteiger charge is -2.22. The summed E-state index contributed by atoms with van der Waals surface area (Å²) in [5.74, 6) is -0.530. The summed E-state index contributed by atoms with van der Waals surface area (Å²) in [7, 11) is 2.84. The number of halogens is 1. The third kappa shape index (κ3) is 2.64. The molecule has 2 aromatic rings. The van der Waals surface area contributed by atoms with Gasteiger partial charge >= 0.3 is 5.69 Å². The monoisotopic (exact) mass is 350 g/mol. The molecule has 1 fully saturated rings. The number of likely N-dealkylation sites (tertiary alicyclic amines) is 1. The lowest BCUT2D eigenvalue weighted by molar-refractivity contribution is 0.0667. The van der Waals surface area contributed by atoms with Crippen molar-refractivity contribution in [2.45, 2.75) is 25.6 Å². The molecule has 1 aliphatic heterocycles. The Morgan fingerprint density at radius 3 is 2.68 bits per heavy atom. The molecule has 9 heteroatoms. The smallest absolute Gasteiger partial charge is 0.332 e. The minimum atomic E-state index is -1.20. The van der Waals surface area contributed by atoms with Gasteiger partial charge < -0.3 is 10.0 Å². The molecule has 8 nitrogen and oxygen atoms in total. The molecule has 1 saturated heterocycles. The van der Waals surface area contributed by atoms with Crippen LogP contribution in [0.25, 0.3) is 11.0 Å². The highest BCUT2D eigenvalue weighted by molar-refractivity contribution is 5.95. The van der Waals surface area contributed by atoms with Crippen molar-refractivity contribution in [1.82, 2.24) is 19.0 Å². The molecule has 3 rings (SSSR count).